The van der Waals surface area contributed by atoms with Crippen molar-refractivity contribution in [1.82, 2.24) is 4.98 Å². The molecule has 1 aromatic carbocycles. The number of hydrogen-bond donors (Lipinski definition) is 0. The standard InChI is InChI=1S/C18H20N2O2/c1-14-6-4-7-15(12-14)13-22-18(21)16-8-5-9-19-17(16)20-10-2-3-11-20/h4-9,12H,2-3,10-11,13H2,1H3. The van der Waals surface area contributed by atoms with Crippen LogP contribution in [0.25, 0.3) is 0 Å². The van der Waals surface area contributed by atoms with Gasteiger partial charge in [-0.15, -0.1) is 0 Å². The molecule has 2 heterocycles. The van der Waals surface area contributed by atoms with E-state index in [-0.39, 0.29) is 12.6 Å². The van der Waals surface area contributed by atoms with Crippen LogP contribution >= 0.6 is 0 Å². The molecule has 4 nitrogen and oxygen atoms in total. The minimum atomic E-state index is -0.309. The van der Waals surface area contributed by atoms with E-state index in [1.165, 1.54) is 0 Å². The van der Waals surface area contributed by atoms with Crippen molar-refractivity contribution in [2.24, 2.45) is 0 Å². The van der Waals surface area contributed by atoms with Crippen LogP contribution in [-0.2, 0) is 11.3 Å². The number of aryl methyl sites for hydroxylation is 1. The summed E-state index contributed by atoms with van der Waals surface area (Å²) in [6.45, 7) is 4.22. The maximum Gasteiger partial charge on any atom is 0.342 e. The van der Waals surface area contributed by atoms with E-state index < -0.39 is 0 Å². The smallest absolute Gasteiger partial charge is 0.342 e. The first-order valence-electron chi connectivity index (χ1n) is 7.67. The molecule has 0 amide bonds. The van der Waals surface area contributed by atoms with Crippen molar-refractivity contribution in [1.29, 1.82) is 0 Å². The third-order valence-electron chi connectivity index (χ3n) is 3.86. The number of pyridine rings is 1. The van der Waals surface area contributed by atoms with Crippen LogP contribution in [0.4, 0.5) is 5.82 Å². The Morgan fingerprint density at radius 3 is 2.82 bits per heavy atom. The predicted octanol–water partition coefficient (Wildman–Crippen LogP) is 3.35. The molecule has 0 unspecified atom stereocenters. The van der Waals surface area contributed by atoms with Crippen LogP contribution in [0.2, 0.25) is 0 Å². The molecule has 1 aliphatic heterocycles. The van der Waals surface area contributed by atoms with E-state index >= 15 is 0 Å². The van der Waals surface area contributed by atoms with Crippen molar-refractivity contribution >= 4 is 11.8 Å². The van der Waals surface area contributed by atoms with Gasteiger partial charge in [0.15, 0.2) is 0 Å². The molecular weight excluding hydrogens is 276 g/mol. The molecule has 3 rings (SSSR count). The Labute approximate surface area is 130 Å². The van der Waals surface area contributed by atoms with Gasteiger partial charge in [0.1, 0.15) is 18.0 Å². The van der Waals surface area contributed by atoms with Gasteiger partial charge in [-0.2, -0.15) is 0 Å². The fraction of sp³-hybridized carbons (Fsp3) is 0.333. The summed E-state index contributed by atoms with van der Waals surface area (Å²) in [6, 6.07) is 11.6. The molecule has 0 saturated carbocycles. The number of esters is 1. The third kappa shape index (κ3) is 3.27. The number of ether oxygens (including phenoxy) is 1. The van der Waals surface area contributed by atoms with E-state index in [0.29, 0.717) is 5.56 Å². The van der Waals surface area contributed by atoms with Crippen LogP contribution in [0, 0.1) is 6.92 Å². The van der Waals surface area contributed by atoms with Crippen LogP contribution in [0.15, 0.2) is 42.6 Å². The summed E-state index contributed by atoms with van der Waals surface area (Å²) in [6.07, 6.45) is 4.02. The lowest BCUT2D eigenvalue weighted by Crippen LogP contribution is -2.22. The lowest BCUT2D eigenvalue weighted by atomic mass is 10.1. The number of nitrogens with zero attached hydrogens (tertiary/aromatic N) is 2. The van der Waals surface area contributed by atoms with E-state index in [1.807, 2.05) is 31.2 Å². The highest BCUT2D eigenvalue weighted by molar-refractivity contribution is 5.94. The van der Waals surface area contributed by atoms with Gasteiger partial charge in [-0.3, -0.25) is 0 Å². The summed E-state index contributed by atoms with van der Waals surface area (Å²) in [7, 11) is 0. The number of carbonyl (C=O) groups is 1. The van der Waals surface area contributed by atoms with Gasteiger partial charge in [0.05, 0.1) is 0 Å². The fourth-order valence-corrected chi connectivity index (χ4v) is 2.77. The van der Waals surface area contributed by atoms with E-state index in [9.17, 15) is 4.79 Å². The topological polar surface area (TPSA) is 42.4 Å². The maximum atomic E-state index is 12.4. The molecule has 22 heavy (non-hydrogen) atoms. The van der Waals surface area contributed by atoms with Gasteiger partial charge in [0, 0.05) is 19.3 Å². The number of hydrogen-bond acceptors (Lipinski definition) is 4. The minimum absolute atomic E-state index is 0.287. The lowest BCUT2D eigenvalue weighted by molar-refractivity contribution is 0.0473. The Bertz CT molecular complexity index is 664. The summed E-state index contributed by atoms with van der Waals surface area (Å²) >= 11 is 0. The van der Waals surface area contributed by atoms with Crippen LogP contribution in [0.3, 0.4) is 0 Å². The normalized spacial score (nSPS) is 14.1. The molecule has 0 N–H and O–H groups in total. The van der Waals surface area contributed by atoms with Gasteiger partial charge in [-0.05, 0) is 37.5 Å². The zero-order valence-electron chi connectivity index (χ0n) is 12.8. The SMILES string of the molecule is Cc1cccc(COC(=O)c2cccnc2N2CCCC2)c1. The zero-order valence-corrected chi connectivity index (χ0v) is 12.8. The van der Waals surface area contributed by atoms with E-state index in [0.717, 1.165) is 42.9 Å². The molecule has 0 bridgehead atoms. The summed E-state index contributed by atoms with van der Waals surface area (Å²) in [5.41, 5.74) is 2.71. The van der Waals surface area contributed by atoms with Crippen LogP contribution in [-0.4, -0.2) is 24.0 Å². The van der Waals surface area contributed by atoms with Gasteiger partial charge in [-0.25, -0.2) is 9.78 Å². The molecular formula is C18H20N2O2. The highest BCUT2D eigenvalue weighted by Gasteiger charge is 2.21. The molecule has 1 aliphatic rings. The maximum absolute atomic E-state index is 12.4. The summed E-state index contributed by atoms with van der Waals surface area (Å²) < 4.78 is 5.46. The number of anilines is 1. The molecule has 0 spiro atoms. The van der Waals surface area contributed by atoms with Crippen molar-refractivity contribution in [3.8, 4) is 0 Å². The highest BCUT2D eigenvalue weighted by atomic mass is 16.5. The van der Waals surface area contributed by atoms with Gasteiger partial charge >= 0.3 is 5.97 Å². The molecule has 0 atom stereocenters. The third-order valence-corrected chi connectivity index (χ3v) is 3.86. The summed E-state index contributed by atoms with van der Waals surface area (Å²) in [4.78, 5) is 18.9. The Morgan fingerprint density at radius 1 is 1.23 bits per heavy atom. The molecule has 2 aromatic rings. The molecule has 1 fully saturated rings. The van der Waals surface area contributed by atoms with Crippen molar-refractivity contribution in [2.75, 3.05) is 18.0 Å². The Morgan fingerprint density at radius 2 is 2.05 bits per heavy atom. The first kappa shape index (κ1) is 14.6. The highest BCUT2D eigenvalue weighted by Crippen LogP contribution is 2.22. The number of carbonyl (C=O) groups excluding carboxylic acids is 1. The van der Waals surface area contributed by atoms with Gasteiger partial charge in [0.25, 0.3) is 0 Å². The predicted molar refractivity (Wildman–Crippen MR) is 86.0 cm³/mol. The minimum Gasteiger partial charge on any atom is -0.457 e. The van der Waals surface area contributed by atoms with E-state index in [4.69, 9.17) is 4.74 Å². The number of aromatic nitrogens is 1. The lowest BCUT2D eigenvalue weighted by Gasteiger charge is -2.19. The Kier molecular flexibility index (Phi) is 4.37. The molecule has 1 aromatic heterocycles. The second-order valence-corrected chi connectivity index (χ2v) is 5.63. The van der Waals surface area contributed by atoms with Crippen molar-refractivity contribution in [2.45, 2.75) is 26.4 Å². The summed E-state index contributed by atoms with van der Waals surface area (Å²) in [5.74, 6) is 0.436. The number of rotatable bonds is 4. The van der Waals surface area contributed by atoms with Crippen LogP contribution in [0.1, 0.15) is 34.3 Å². The van der Waals surface area contributed by atoms with Crippen molar-refractivity contribution in [3.05, 3.63) is 59.3 Å². The quantitative estimate of drug-likeness (QED) is 0.812. The molecule has 0 aliphatic carbocycles. The molecule has 4 heteroatoms. The van der Waals surface area contributed by atoms with Crippen LogP contribution < -0.4 is 4.90 Å². The molecule has 0 radical (unpaired) electrons. The zero-order chi connectivity index (χ0) is 15.4. The van der Waals surface area contributed by atoms with E-state index in [1.54, 1.807) is 18.3 Å². The summed E-state index contributed by atoms with van der Waals surface area (Å²) in [5, 5.41) is 0. The van der Waals surface area contributed by atoms with Crippen molar-refractivity contribution in [3.63, 3.8) is 0 Å². The average Bonchev–Trinajstić information content (AvgIpc) is 3.07. The Balaban J connectivity index is 1.72. The van der Waals surface area contributed by atoms with Gasteiger partial charge in [-0.1, -0.05) is 29.8 Å². The van der Waals surface area contributed by atoms with Gasteiger partial charge < -0.3 is 9.64 Å². The second kappa shape index (κ2) is 6.60. The average molecular weight is 296 g/mol. The fourth-order valence-electron chi connectivity index (χ4n) is 2.77. The first-order valence-corrected chi connectivity index (χ1v) is 7.67. The Hall–Kier alpha value is -2.36. The first-order chi connectivity index (χ1) is 10.7. The van der Waals surface area contributed by atoms with Crippen molar-refractivity contribution < 1.29 is 9.53 Å². The largest absolute Gasteiger partial charge is 0.457 e. The van der Waals surface area contributed by atoms with E-state index in [2.05, 4.69) is 9.88 Å². The second-order valence-electron chi connectivity index (χ2n) is 5.63. The molecule has 1 saturated heterocycles. The van der Waals surface area contributed by atoms with Gasteiger partial charge in [0.2, 0.25) is 0 Å². The monoisotopic (exact) mass is 296 g/mol. The van der Waals surface area contributed by atoms with Crippen LogP contribution in [0.5, 0.6) is 0 Å². The molecule has 114 valence electrons. The number of benzene rings is 1.